The van der Waals surface area contributed by atoms with Crippen molar-refractivity contribution in [1.82, 2.24) is 9.80 Å². The highest BCUT2D eigenvalue weighted by Gasteiger charge is 2.25. The van der Waals surface area contributed by atoms with Crippen LogP contribution in [-0.2, 0) is 0 Å². The second-order valence-corrected chi connectivity index (χ2v) is 5.82. The lowest BCUT2D eigenvalue weighted by Gasteiger charge is -2.35. The van der Waals surface area contributed by atoms with E-state index in [1.165, 1.54) is 24.3 Å². The van der Waals surface area contributed by atoms with Gasteiger partial charge in [-0.05, 0) is 29.8 Å². The zero-order chi connectivity index (χ0) is 17.8. The van der Waals surface area contributed by atoms with Gasteiger partial charge < -0.3 is 19.7 Å². The van der Waals surface area contributed by atoms with Crippen molar-refractivity contribution in [2.45, 2.75) is 0 Å². The van der Waals surface area contributed by atoms with E-state index < -0.39 is 5.97 Å². The molecule has 1 heterocycles. The minimum atomic E-state index is -1.27. The Morgan fingerprint density at radius 1 is 0.640 bits per heavy atom. The Kier molecular flexibility index (Phi) is 4.79. The first kappa shape index (κ1) is 16.7. The van der Waals surface area contributed by atoms with Gasteiger partial charge in [0.15, 0.2) is 0 Å². The second-order valence-electron chi connectivity index (χ2n) is 5.82. The third-order valence-electron chi connectivity index (χ3n) is 4.24. The molecule has 2 aromatic rings. The number of hydrogen-bond donors (Lipinski definition) is 0. The van der Waals surface area contributed by atoms with Crippen LogP contribution in [0, 0.1) is 0 Å². The zero-order valence-electron chi connectivity index (χ0n) is 13.6. The maximum Gasteiger partial charge on any atom is 0.253 e. The molecule has 1 aliphatic heterocycles. The van der Waals surface area contributed by atoms with Gasteiger partial charge in [0.05, 0.1) is 5.97 Å². The van der Waals surface area contributed by atoms with E-state index in [-0.39, 0.29) is 17.4 Å². The Balaban J connectivity index is 1.61. The van der Waals surface area contributed by atoms with E-state index in [0.717, 1.165) is 0 Å². The van der Waals surface area contributed by atoms with Gasteiger partial charge in [-0.25, -0.2) is 0 Å². The third-order valence-corrected chi connectivity index (χ3v) is 4.24. The number of benzene rings is 2. The Hall–Kier alpha value is -3.15. The first-order valence-electron chi connectivity index (χ1n) is 8.01. The summed E-state index contributed by atoms with van der Waals surface area (Å²) in [5, 5.41) is 10.8. The summed E-state index contributed by atoms with van der Waals surface area (Å²) in [6, 6.07) is 14.7. The Morgan fingerprint density at radius 2 is 1.04 bits per heavy atom. The first-order valence-corrected chi connectivity index (χ1v) is 8.01. The highest BCUT2D eigenvalue weighted by atomic mass is 16.4. The highest BCUT2D eigenvalue weighted by molar-refractivity contribution is 5.96. The summed E-state index contributed by atoms with van der Waals surface area (Å²) in [6.07, 6.45) is 0. The fourth-order valence-electron chi connectivity index (χ4n) is 2.81. The number of rotatable bonds is 3. The predicted molar refractivity (Wildman–Crippen MR) is 89.0 cm³/mol. The van der Waals surface area contributed by atoms with Gasteiger partial charge in [0.2, 0.25) is 0 Å². The molecule has 0 aromatic heterocycles. The normalized spacial score (nSPS) is 14.2. The molecule has 0 aliphatic carbocycles. The Labute approximate surface area is 145 Å². The van der Waals surface area contributed by atoms with Gasteiger partial charge in [-0.3, -0.25) is 9.59 Å². The molecule has 2 amide bonds. The summed E-state index contributed by atoms with van der Waals surface area (Å²) in [5.41, 5.74) is 1.10. The predicted octanol–water partition coefficient (Wildman–Crippen LogP) is 0.648. The average molecular weight is 337 g/mol. The largest absolute Gasteiger partial charge is 0.545 e. The number of carboxylic acids is 1. The van der Waals surface area contributed by atoms with Gasteiger partial charge in [-0.15, -0.1) is 0 Å². The van der Waals surface area contributed by atoms with Gasteiger partial charge >= 0.3 is 0 Å². The smallest absolute Gasteiger partial charge is 0.253 e. The van der Waals surface area contributed by atoms with E-state index in [2.05, 4.69) is 0 Å². The van der Waals surface area contributed by atoms with E-state index in [1.807, 2.05) is 18.2 Å². The lowest BCUT2D eigenvalue weighted by Crippen LogP contribution is -2.50. The summed E-state index contributed by atoms with van der Waals surface area (Å²) in [5.74, 6) is -1.48. The molecule has 0 N–H and O–H groups in total. The number of nitrogens with zero attached hydrogens (tertiary/aromatic N) is 2. The average Bonchev–Trinajstić information content (AvgIpc) is 2.67. The van der Waals surface area contributed by atoms with Gasteiger partial charge in [0.25, 0.3) is 11.8 Å². The van der Waals surface area contributed by atoms with Crippen LogP contribution in [-0.4, -0.2) is 53.8 Å². The van der Waals surface area contributed by atoms with Crippen LogP contribution in [0.1, 0.15) is 31.1 Å². The van der Waals surface area contributed by atoms with Crippen LogP contribution in [0.25, 0.3) is 0 Å². The number of amides is 2. The Bertz CT molecular complexity index is 779. The van der Waals surface area contributed by atoms with Crippen LogP contribution in [0.2, 0.25) is 0 Å². The number of carbonyl (C=O) groups is 3. The van der Waals surface area contributed by atoms with Crippen LogP contribution in [0.15, 0.2) is 54.6 Å². The van der Waals surface area contributed by atoms with Gasteiger partial charge in [0, 0.05) is 37.3 Å². The molecule has 1 fully saturated rings. The van der Waals surface area contributed by atoms with E-state index in [4.69, 9.17) is 0 Å². The molecular weight excluding hydrogens is 320 g/mol. The minimum Gasteiger partial charge on any atom is -0.545 e. The first-order chi connectivity index (χ1) is 12.1. The SMILES string of the molecule is O=C([O-])c1ccc(C(=O)N2CCN(C(=O)c3ccccc3)CC2)cc1. The van der Waals surface area contributed by atoms with Gasteiger partial charge in [-0.1, -0.05) is 30.3 Å². The third kappa shape index (κ3) is 3.68. The summed E-state index contributed by atoms with van der Waals surface area (Å²) >= 11 is 0. The molecule has 2 aromatic carbocycles. The van der Waals surface area contributed by atoms with Crippen LogP contribution in [0.4, 0.5) is 0 Å². The van der Waals surface area contributed by atoms with Crippen molar-refractivity contribution >= 4 is 17.8 Å². The van der Waals surface area contributed by atoms with E-state index in [9.17, 15) is 19.5 Å². The van der Waals surface area contributed by atoms with Crippen molar-refractivity contribution in [2.75, 3.05) is 26.2 Å². The fraction of sp³-hybridized carbons (Fsp3) is 0.211. The Morgan fingerprint density at radius 3 is 1.48 bits per heavy atom. The molecule has 0 saturated carbocycles. The summed E-state index contributed by atoms with van der Waals surface area (Å²) in [7, 11) is 0. The molecular formula is C19H17N2O4-. The highest BCUT2D eigenvalue weighted by Crippen LogP contribution is 2.12. The topological polar surface area (TPSA) is 80.8 Å². The van der Waals surface area contributed by atoms with Crippen molar-refractivity contribution < 1.29 is 19.5 Å². The number of hydrogen-bond acceptors (Lipinski definition) is 4. The van der Waals surface area contributed by atoms with Crippen LogP contribution < -0.4 is 5.11 Å². The molecule has 0 radical (unpaired) electrons. The van der Waals surface area contributed by atoms with Crippen LogP contribution in [0.3, 0.4) is 0 Å². The molecule has 3 rings (SSSR count). The van der Waals surface area contributed by atoms with Crippen molar-refractivity contribution in [1.29, 1.82) is 0 Å². The summed E-state index contributed by atoms with van der Waals surface area (Å²) in [6.45, 7) is 1.83. The second kappa shape index (κ2) is 7.17. The van der Waals surface area contributed by atoms with Crippen molar-refractivity contribution in [2.24, 2.45) is 0 Å². The number of carbonyl (C=O) groups excluding carboxylic acids is 3. The molecule has 0 spiro atoms. The molecule has 1 saturated heterocycles. The van der Waals surface area contributed by atoms with Crippen LogP contribution >= 0.6 is 0 Å². The van der Waals surface area contributed by atoms with Gasteiger partial charge in [-0.2, -0.15) is 0 Å². The van der Waals surface area contributed by atoms with Crippen molar-refractivity contribution in [3.63, 3.8) is 0 Å². The molecule has 25 heavy (non-hydrogen) atoms. The number of aromatic carboxylic acids is 1. The van der Waals surface area contributed by atoms with E-state index >= 15 is 0 Å². The maximum absolute atomic E-state index is 12.5. The fourth-order valence-corrected chi connectivity index (χ4v) is 2.81. The molecule has 6 heteroatoms. The van der Waals surface area contributed by atoms with Crippen molar-refractivity contribution in [3.05, 3.63) is 71.3 Å². The van der Waals surface area contributed by atoms with E-state index in [0.29, 0.717) is 37.3 Å². The standard InChI is InChI=1S/C19H18N2O4/c22-17(14-4-2-1-3-5-14)20-10-12-21(13-11-20)18(23)15-6-8-16(9-7-15)19(24)25/h1-9H,10-13H2,(H,24,25)/p-1. The van der Waals surface area contributed by atoms with Gasteiger partial charge in [0.1, 0.15) is 0 Å². The molecule has 128 valence electrons. The lowest BCUT2D eigenvalue weighted by molar-refractivity contribution is -0.255. The van der Waals surface area contributed by atoms with E-state index in [1.54, 1.807) is 21.9 Å². The minimum absolute atomic E-state index is 0.0361. The van der Waals surface area contributed by atoms with Crippen molar-refractivity contribution in [3.8, 4) is 0 Å². The monoisotopic (exact) mass is 337 g/mol. The lowest BCUT2D eigenvalue weighted by atomic mass is 10.1. The molecule has 0 bridgehead atoms. The molecule has 0 atom stereocenters. The quantitative estimate of drug-likeness (QED) is 0.823. The summed E-state index contributed by atoms with van der Waals surface area (Å²) < 4.78 is 0. The molecule has 0 unspecified atom stereocenters. The van der Waals surface area contributed by atoms with Crippen LogP contribution in [0.5, 0.6) is 0 Å². The maximum atomic E-state index is 12.5. The molecule has 6 nitrogen and oxygen atoms in total. The summed E-state index contributed by atoms with van der Waals surface area (Å²) in [4.78, 5) is 39.1. The molecule has 1 aliphatic rings. The number of carboxylic acid groups (broad SMARTS) is 1. The number of piperazine rings is 1. The zero-order valence-corrected chi connectivity index (χ0v) is 13.6.